The zero-order valence-electron chi connectivity index (χ0n) is 12.8. The maximum absolute atomic E-state index is 12.1. The molecular weight excluding hydrogens is 308 g/mol. The lowest BCUT2D eigenvalue weighted by molar-refractivity contribution is -0.385. The largest absolute Gasteiger partial charge is 0.361 e. The number of nitrogens with zero attached hydrogens (tertiary/aromatic N) is 2. The number of aryl methyl sites for hydroxylation is 1. The Hall–Kier alpha value is -3.48. The van der Waals surface area contributed by atoms with Gasteiger partial charge in [-0.2, -0.15) is 5.10 Å². The predicted octanol–water partition coefficient (Wildman–Crippen LogP) is 3.15. The van der Waals surface area contributed by atoms with Gasteiger partial charge in [0.15, 0.2) is 0 Å². The highest BCUT2D eigenvalue weighted by Crippen LogP contribution is 2.19. The van der Waals surface area contributed by atoms with E-state index in [9.17, 15) is 14.9 Å². The SMILES string of the molecule is Cc1ccc(C(=O)N/N=C/c2c[nH]c3ccccc23)cc1[N+](=O)[O-]. The fourth-order valence-corrected chi connectivity index (χ4v) is 2.37. The number of carbonyl (C=O) groups excluding carboxylic acids is 1. The Morgan fingerprint density at radius 3 is 2.88 bits per heavy atom. The molecule has 2 aromatic carbocycles. The molecule has 24 heavy (non-hydrogen) atoms. The molecule has 7 nitrogen and oxygen atoms in total. The molecular formula is C17H14N4O3. The van der Waals surface area contributed by atoms with E-state index in [4.69, 9.17) is 0 Å². The first-order valence-electron chi connectivity index (χ1n) is 7.21. The normalized spacial score (nSPS) is 11.0. The van der Waals surface area contributed by atoms with E-state index >= 15 is 0 Å². The van der Waals surface area contributed by atoms with E-state index < -0.39 is 10.8 Å². The molecule has 0 fully saturated rings. The summed E-state index contributed by atoms with van der Waals surface area (Å²) in [5, 5.41) is 15.8. The van der Waals surface area contributed by atoms with Crippen molar-refractivity contribution in [3.8, 4) is 0 Å². The highest BCUT2D eigenvalue weighted by Gasteiger charge is 2.14. The standard InChI is InChI=1S/C17H14N4O3/c1-11-6-7-12(8-16(11)21(23)24)17(22)20-19-10-13-9-18-15-5-3-2-4-14(13)15/h2-10,18H,1H3,(H,20,22)/b19-10+. The first-order chi connectivity index (χ1) is 11.6. The van der Waals surface area contributed by atoms with Gasteiger partial charge in [-0.1, -0.05) is 24.3 Å². The van der Waals surface area contributed by atoms with Crippen LogP contribution >= 0.6 is 0 Å². The summed E-state index contributed by atoms with van der Waals surface area (Å²) >= 11 is 0. The van der Waals surface area contributed by atoms with Gasteiger partial charge in [0.2, 0.25) is 0 Å². The summed E-state index contributed by atoms with van der Waals surface area (Å²) < 4.78 is 0. The summed E-state index contributed by atoms with van der Waals surface area (Å²) in [6.07, 6.45) is 3.32. The molecule has 1 heterocycles. The van der Waals surface area contributed by atoms with Gasteiger partial charge in [0, 0.05) is 39.9 Å². The minimum Gasteiger partial charge on any atom is -0.361 e. The van der Waals surface area contributed by atoms with Gasteiger partial charge in [-0.05, 0) is 19.1 Å². The molecule has 1 amide bonds. The van der Waals surface area contributed by atoms with Crippen molar-refractivity contribution >= 4 is 28.7 Å². The first kappa shape index (κ1) is 15.4. The van der Waals surface area contributed by atoms with Crippen LogP contribution in [0.2, 0.25) is 0 Å². The monoisotopic (exact) mass is 322 g/mol. The summed E-state index contributed by atoms with van der Waals surface area (Å²) in [5.74, 6) is -0.505. The van der Waals surface area contributed by atoms with Crippen molar-refractivity contribution in [2.75, 3.05) is 0 Å². The number of aromatic amines is 1. The Bertz CT molecular complexity index is 959. The van der Waals surface area contributed by atoms with E-state index in [0.29, 0.717) is 5.56 Å². The second kappa shape index (κ2) is 6.33. The molecule has 0 radical (unpaired) electrons. The lowest BCUT2D eigenvalue weighted by Crippen LogP contribution is -2.17. The minimum atomic E-state index is -0.513. The van der Waals surface area contributed by atoms with E-state index in [1.807, 2.05) is 24.3 Å². The number of hydrogen-bond acceptors (Lipinski definition) is 4. The molecule has 2 N–H and O–H groups in total. The van der Waals surface area contributed by atoms with Crippen molar-refractivity contribution in [2.24, 2.45) is 5.10 Å². The molecule has 0 aliphatic carbocycles. The third-order valence-corrected chi connectivity index (χ3v) is 3.66. The molecule has 0 unspecified atom stereocenters. The van der Waals surface area contributed by atoms with Crippen molar-refractivity contribution in [1.82, 2.24) is 10.4 Å². The van der Waals surface area contributed by atoms with Gasteiger partial charge in [0.25, 0.3) is 11.6 Å². The fraction of sp³-hybridized carbons (Fsp3) is 0.0588. The summed E-state index contributed by atoms with van der Waals surface area (Å²) in [7, 11) is 0. The van der Waals surface area contributed by atoms with Gasteiger partial charge in [0.05, 0.1) is 11.1 Å². The van der Waals surface area contributed by atoms with Crippen LogP contribution in [0.15, 0.2) is 53.8 Å². The molecule has 0 bridgehead atoms. The molecule has 0 aliphatic heterocycles. The number of benzene rings is 2. The zero-order chi connectivity index (χ0) is 17.1. The Morgan fingerprint density at radius 2 is 2.08 bits per heavy atom. The average Bonchev–Trinajstić information content (AvgIpc) is 2.98. The quantitative estimate of drug-likeness (QED) is 0.438. The van der Waals surface area contributed by atoms with Crippen molar-refractivity contribution in [3.05, 3.63) is 75.5 Å². The van der Waals surface area contributed by atoms with E-state index in [1.165, 1.54) is 24.4 Å². The molecule has 0 spiro atoms. The number of carbonyl (C=O) groups is 1. The molecule has 0 saturated heterocycles. The van der Waals surface area contributed by atoms with E-state index in [0.717, 1.165) is 16.5 Å². The summed E-state index contributed by atoms with van der Waals surface area (Å²) in [6.45, 7) is 1.62. The lowest BCUT2D eigenvalue weighted by Gasteiger charge is -2.02. The van der Waals surface area contributed by atoms with Crippen LogP contribution < -0.4 is 5.43 Å². The minimum absolute atomic E-state index is 0.0942. The molecule has 1 aromatic heterocycles. The third kappa shape index (κ3) is 3.00. The topological polar surface area (TPSA) is 100 Å². The number of amides is 1. The molecule has 3 aromatic rings. The number of aromatic nitrogens is 1. The van der Waals surface area contributed by atoms with E-state index in [-0.39, 0.29) is 11.3 Å². The van der Waals surface area contributed by atoms with Crippen LogP contribution in [0, 0.1) is 17.0 Å². The van der Waals surface area contributed by atoms with Gasteiger partial charge in [-0.15, -0.1) is 0 Å². The number of fused-ring (bicyclic) bond motifs is 1. The zero-order valence-corrected chi connectivity index (χ0v) is 12.8. The number of hydrazone groups is 1. The Kier molecular flexibility index (Phi) is 4.07. The van der Waals surface area contributed by atoms with Crippen LogP contribution in [-0.2, 0) is 0 Å². The number of para-hydroxylation sites is 1. The summed E-state index contributed by atoms with van der Waals surface area (Å²) in [4.78, 5) is 25.6. The van der Waals surface area contributed by atoms with Crippen LogP contribution in [0.25, 0.3) is 10.9 Å². The molecule has 0 saturated carbocycles. The highest BCUT2D eigenvalue weighted by molar-refractivity contribution is 6.00. The highest BCUT2D eigenvalue weighted by atomic mass is 16.6. The summed E-state index contributed by atoms with van der Waals surface area (Å²) in [6, 6.07) is 12.0. The summed E-state index contributed by atoms with van der Waals surface area (Å²) in [5.41, 5.74) is 4.78. The van der Waals surface area contributed by atoms with Gasteiger partial charge >= 0.3 is 0 Å². The van der Waals surface area contributed by atoms with Gasteiger partial charge < -0.3 is 4.98 Å². The maximum Gasteiger partial charge on any atom is 0.273 e. The number of rotatable bonds is 4. The first-order valence-corrected chi connectivity index (χ1v) is 7.21. The molecule has 3 rings (SSSR count). The second-order valence-corrected chi connectivity index (χ2v) is 5.25. The molecule has 120 valence electrons. The molecule has 0 atom stereocenters. The van der Waals surface area contributed by atoms with Crippen LogP contribution in [0.1, 0.15) is 21.5 Å². The van der Waals surface area contributed by atoms with Gasteiger partial charge in [-0.25, -0.2) is 5.43 Å². The third-order valence-electron chi connectivity index (χ3n) is 3.66. The number of hydrogen-bond donors (Lipinski definition) is 2. The lowest BCUT2D eigenvalue weighted by atomic mass is 10.1. The van der Waals surface area contributed by atoms with Crippen LogP contribution in [-0.4, -0.2) is 22.0 Å². The Balaban J connectivity index is 1.76. The molecule has 0 aliphatic rings. The number of nitro groups is 1. The Labute approximate surface area is 137 Å². The van der Waals surface area contributed by atoms with E-state index in [2.05, 4.69) is 15.5 Å². The van der Waals surface area contributed by atoms with Gasteiger partial charge in [-0.3, -0.25) is 14.9 Å². The smallest absolute Gasteiger partial charge is 0.273 e. The maximum atomic E-state index is 12.1. The number of nitro benzene ring substituents is 1. The van der Waals surface area contributed by atoms with Crippen molar-refractivity contribution in [2.45, 2.75) is 6.92 Å². The van der Waals surface area contributed by atoms with Gasteiger partial charge in [0.1, 0.15) is 0 Å². The fourth-order valence-electron chi connectivity index (χ4n) is 2.37. The second-order valence-electron chi connectivity index (χ2n) is 5.25. The average molecular weight is 322 g/mol. The Morgan fingerprint density at radius 1 is 1.29 bits per heavy atom. The number of H-pyrrole nitrogens is 1. The van der Waals surface area contributed by atoms with Crippen LogP contribution in [0.5, 0.6) is 0 Å². The number of nitrogens with one attached hydrogen (secondary N) is 2. The van der Waals surface area contributed by atoms with Crippen molar-refractivity contribution in [3.63, 3.8) is 0 Å². The van der Waals surface area contributed by atoms with Crippen molar-refractivity contribution in [1.29, 1.82) is 0 Å². The van der Waals surface area contributed by atoms with Crippen molar-refractivity contribution < 1.29 is 9.72 Å². The molecule has 7 heteroatoms. The van der Waals surface area contributed by atoms with E-state index in [1.54, 1.807) is 13.1 Å². The predicted molar refractivity (Wildman–Crippen MR) is 91.2 cm³/mol. The van der Waals surface area contributed by atoms with Crippen LogP contribution in [0.3, 0.4) is 0 Å². The van der Waals surface area contributed by atoms with Crippen LogP contribution in [0.4, 0.5) is 5.69 Å².